The summed E-state index contributed by atoms with van der Waals surface area (Å²) < 4.78 is 6.89. The van der Waals surface area contributed by atoms with Gasteiger partial charge in [0.15, 0.2) is 0 Å². The monoisotopic (exact) mass is 339 g/mol. The molecule has 0 aliphatic heterocycles. The van der Waals surface area contributed by atoms with Gasteiger partial charge in [0.1, 0.15) is 12.1 Å². The van der Waals surface area contributed by atoms with Gasteiger partial charge < -0.3 is 24.6 Å². The molecule has 2 N–H and O–H groups in total. The van der Waals surface area contributed by atoms with Crippen molar-refractivity contribution >= 4 is 18.0 Å². The second kappa shape index (κ2) is 8.37. The van der Waals surface area contributed by atoms with Gasteiger partial charge in [-0.15, -0.1) is 0 Å². The number of aromatic nitrogens is 1. The van der Waals surface area contributed by atoms with Crippen LogP contribution in [0.15, 0.2) is 18.3 Å². The Kier molecular flexibility index (Phi) is 6.82. The Bertz CT molecular complexity index is 589. The van der Waals surface area contributed by atoms with Crippen LogP contribution in [0.4, 0.5) is 4.79 Å². The molecule has 1 aromatic heterocycles. The average molecular weight is 339 g/mol. The van der Waals surface area contributed by atoms with E-state index < -0.39 is 24.2 Å². The number of nitrogens with one attached hydrogen (secondary N) is 1. The summed E-state index contributed by atoms with van der Waals surface area (Å²) in [6, 6.07) is 3.62. The minimum absolute atomic E-state index is 0.0921. The molecule has 24 heavy (non-hydrogen) atoms. The number of carboxylic acid groups (broad SMARTS) is 1. The van der Waals surface area contributed by atoms with Crippen molar-refractivity contribution in [2.45, 2.75) is 32.8 Å². The van der Waals surface area contributed by atoms with Crippen LogP contribution < -0.4 is 5.32 Å². The first kappa shape index (κ1) is 19.5. The number of amides is 2. The summed E-state index contributed by atoms with van der Waals surface area (Å²) in [6.07, 6.45) is 1.31. The number of aliphatic carboxylic acids is 1. The third kappa shape index (κ3) is 7.17. The molecular weight excluding hydrogens is 314 g/mol. The smallest absolute Gasteiger partial charge is 0.407 e. The molecule has 0 unspecified atom stereocenters. The summed E-state index contributed by atoms with van der Waals surface area (Å²) in [4.78, 5) is 36.0. The van der Waals surface area contributed by atoms with Gasteiger partial charge in [-0.05, 0) is 32.9 Å². The SMILES string of the molecule is Cn1cccc1CC(=O)N(CCNC(=O)OC(C)(C)C)CC(=O)O. The number of hydrogen-bond acceptors (Lipinski definition) is 4. The number of nitrogens with zero attached hydrogens (tertiary/aromatic N) is 2. The molecule has 0 aliphatic carbocycles. The van der Waals surface area contributed by atoms with Crippen LogP contribution >= 0.6 is 0 Å². The average Bonchev–Trinajstić information content (AvgIpc) is 2.80. The highest BCUT2D eigenvalue weighted by atomic mass is 16.6. The van der Waals surface area contributed by atoms with Crippen LogP contribution in [0.2, 0.25) is 0 Å². The molecule has 0 aliphatic rings. The van der Waals surface area contributed by atoms with Gasteiger partial charge in [0, 0.05) is 32.0 Å². The number of aryl methyl sites for hydroxylation is 1. The van der Waals surface area contributed by atoms with Gasteiger partial charge >= 0.3 is 12.1 Å². The Morgan fingerprint density at radius 3 is 2.50 bits per heavy atom. The van der Waals surface area contributed by atoms with Crippen LogP contribution in [0.3, 0.4) is 0 Å². The molecule has 0 saturated carbocycles. The molecule has 0 spiro atoms. The number of carboxylic acids is 1. The number of carbonyl (C=O) groups excluding carboxylic acids is 2. The third-order valence-electron chi connectivity index (χ3n) is 3.11. The molecule has 2 amide bonds. The van der Waals surface area contributed by atoms with Gasteiger partial charge in [-0.1, -0.05) is 0 Å². The fraction of sp³-hybridized carbons (Fsp3) is 0.562. The zero-order chi connectivity index (χ0) is 18.3. The van der Waals surface area contributed by atoms with Crippen molar-refractivity contribution < 1.29 is 24.2 Å². The topological polar surface area (TPSA) is 101 Å². The Hall–Kier alpha value is -2.51. The largest absolute Gasteiger partial charge is 0.480 e. The minimum Gasteiger partial charge on any atom is -0.480 e. The van der Waals surface area contributed by atoms with E-state index in [0.29, 0.717) is 0 Å². The van der Waals surface area contributed by atoms with E-state index in [4.69, 9.17) is 9.84 Å². The van der Waals surface area contributed by atoms with Crippen molar-refractivity contribution in [2.24, 2.45) is 7.05 Å². The third-order valence-corrected chi connectivity index (χ3v) is 3.11. The Morgan fingerprint density at radius 1 is 1.33 bits per heavy atom. The summed E-state index contributed by atoms with van der Waals surface area (Å²) in [5.74, 6) is -1.42. The van der Waals surface area contributed by atoms with E-state index in [1.807, 2.05) is 19.3 Å². The Morgan fingerprint density at radius 2 is 2.00 bits per heavy atom. The van der Waals surface area contributed by atoms with E-state index in [2.05, 4.69) is 5.32 Å². The van der Waals surface area contributed by atoms with Crippen molar-refractivity contribution in [2.75, 3.05) is 19.6 Å². The molecule has 0 aromatic carbocycles. The standard InChI is InChI=1S/C16H25N3O5/c1-16(2,3)24-15(23)17-7-9-19(11-14(21)22)13(20)10-12-6-5-8-18(12)4/h5-6,8H,7,9-11H2,1-4H3,(H,17,23)(H,21,22). The van der Waals surface area contributed by atoms with Crippen LogP contribution in [0, 0.1) is 0 Å². The summed E-state index contributed by atoms with van der Waals surface area (Å²) in [5, 5.41) is 11.5. The first-order valence-corrected chi connectivity index (χ1v) is 7.65. The molecule has 0 fully saturated rings. The lowest BCUT2D eigenvalue weighted by atomic mass is 10.2. The van der Waals surface area contributed by atoms with Crippen LogP contribution in [-0.4, -0.2) is 57.8 Å². The predicted octanol–water partition coefficient (Wildman–Crippen LogP) is 1.01. The maximum Gasteiger partial charge on any atom is 0.407 e. The Labute approximate surface area is 141 Å². The van der Waals surface area contributed by atoms with Crippen molar-refractivity contribution in [3.8, 4) is 0 Å². The van der Waals surface area contributed by atoms with Crippen molar-refractivity contribution in [3.63, 3.8) is 0 Å². The molecule has 8 heteroatoms. The molecule has 8 nitrogen and oxygen atoms in total. The molecule has 0 atom stereocenters. The van der Waals surface area contributed by atoms with Crippen molar-refractivity contribution in [1.29, 1.82) is 0 Å². The van der Waals surface area contributed by atoms with E-state index in [1.54, 1.807) is 31.4 Å². The lowest BCUT2D eigenvalue weighted by molar-refractivity contribution is -0.144. The van der Waals surface area contributed by atoms with E-state index in [1.165, 1.54) is 4.90 Å². The van der Waals surface area contributed by atoms with Gasteiger partial charge in [-0.2, -0.15) is 0 Å². The molecule has 0 radical (unpaired) electrons. The molecule has 0 saturated heterocycles. The first-order chi connectivity index (χ1) is 11.1. The van der Waals surface area contributed by atoms with Gasteiger partial charge in [0.05, 0.1) is 6.42 Å². The van der Waals surface area contributed by atoms with E-state index >= 15 is 0 Å². The van der Waals surface area contributed by atoms with Gasteiger partial charge in [0.2, 0.25) is 5.91 Å². The summed E-state index contributed by atoms with van der Waals surface area (Å²) in [5.41, 5.74) is 0.170. The fourth-order valence-corrected chi connectivity index (χ4v) is 2.01. The normalized spacial score (nSPS) is 11.0. The highest BCUT2D eigenvalue weighted by Crippen LogP contribution is 2.06. The lowest BCUT2D eigenvalue weighted by Gasteiger charge is -2.23. The molecule has 0 bridgehead atoms. The van der Waals surface area contributed by atoms with E-state index in [0.717, 1.165) is 5.69 Å². The summed E-state index contributed by atoms with van der Waals surface area (Å²) in [7, 11) is 1.81. The quantitative estimate of drug-likeness (QED) is 0.772. The zero-order valence-corrected chi connectivity index (χ0v) is 14.5. The molecular formula is C16H25N3O5. The fourth-order valence-electron chi connectivity index (χ4n) is 2.01. The van der Waals surface area contributed by atoms with Gasteiger partial charge in [0.25, 0.3) is 0 Å². The van der Waals surface area contributed by atoms with Gasteiger partial charge in [-0.3, -0.25) is 9.59 Å². The highest BCUT2D eigenvalue weighted by Gasteiger charge is 2.19. The number of ether oxygens (including phenoxy) is 1. The second-order valence-electron chi connectivity index (χ2n) is 6.42. The van der Waals surface area contributed by atoms with E-state index in [-0.39, 0.29) is 25.4 Å². The number of hydrogen-bond donors (Lipinski definition) is 2. The zero-order valence-electron chi connectivity index (χ0n) is 14.5. The summed E-state index contributed by atoms with van der Waals surface area (Å²) >= 11 is 0. The molecule has 1 rings (SSSR count). The number of alkyl carbamates (subject to hydrolysis) is 1. The number of carbonyl (C=O) groups is 3. The van der Waals surface area contributed by atoms with Crippen molar-refractivity contribution in [1.82, 2.24) is 14.8 Å². The van der Waals surface area contributed by atoms with Crippen LogP contribution in [-0.2, 0) is 27.8 Å². The number of rotatable bonds is 7. The summed E-state index contributed by atoms with van der Waals surface area (Å²) in [6.45, 7) is 5.02. The van der Waals surface area contributed by atoms with Gasteiger partial charge in [-0.25, -0.2) is 4.79 Å². The van der Waals surface area contributed by atoms with Crippen LogP contribution in [0.25, 0.3) is 0 Å². The minimum atomic E-state index is -1.10. The maximum absolute atomic E-state index is 12.3. The predicted molar refractivity (Wildman–Crippen MR) is 87.6 cm³/mol. The molecule has 1 heterocycles. The highest BCUT2D eigenvalue weighted by molar-refractivity contribution is 5.82. The van der Waals surface area contributed by atoms with E-state index in [9.17, 15) is 14.4 Å². The Balaban J connectivity index is 2.56. The first-order valence-electron chi connectivity index (χ1n) is 7.65. The molecule has 1 aromatic rings. The maximum atomic E-state index is 12.3. The second-order valence-corrected chi connectivity index (χ2v) is 6.42. The van der Waals surface area contributed by atoms with Crippen molar-refractivity contribution in [3.05, 3.63) is 24.0 Å². The lowest BCUT2D eigenvalue weighted by Crippen LogP contribution is -2.43. The van der Waals surface area contributed by atoms with Crippen LogP contribution in [0.5, 0.6) is 0 Å². The molecule has 134 valence electrons. The van der Waals surface area contributed by atoms with Crippen LogP contribution in [0.1, 0.15) is 26.5 Å².